The second-order valence-corrected chi connectivity index (χ2v) is 7.59. The van der Waals surface area contributed by atoms with Crippen LogP contribution >= 0.6 is 0 Å². The van der Waals surface area contributed by atoms with Crippen molar-refractivity contribution in [1.29, 1.82) is 0 Å². The lowest BCUT2D eigenvalue weighted by Gasteiger charge is -2.17. The van der Waals surface area contributed by atoms with Crippen LogP contribution in [0, 0.1) is 20.2 Å². The van der Waals surface area contributed by atoms with Gasteiger partial charge >= 0.3 is 18.5 Å². The largest absolute Gasteiger partial charge is 0.507 e. The molecule has 2 N–H and O–H groups in total. The highest BCUT2D eigenvalue weighted by Gasteiger charge is 2.40. The summed E-state index contributed by atoms with van der Waals surface area (Å²) in [5, 5.41) is 42.6. The number of phenolic OH excluding ortho intramolecular Hbond substituents is 2. The van der Waals surface area contributed by atoms with Gasteiger partial charge in [0.05, 0.1) is 15.4 Å². The highest BCUT2D eigenvalue weighted by atomic mass is 19.4. The number of phenols is 2. The van der Waals surface area contributed by atoms with E-state index in [1.807, 2.05) is 0 Å². The second kappa shape index (κ2) is 9.07. The molecule has 8 nitrogen and oxygen atoms in total. The van der Waals surface area contributed by atoms with Crippen LogP contribution in [0.15, 0.2) is 42.5 Å². The summed E-state index contributed by atoms with van der Waals surface area (Å²) in [6, 6.07) is 1.15. The minimum atomic E-state index is -5.42. The number of benzene rings is 3. The van der Waals surface area contributed by atoms with Crippen molar-refractivity contribution in [3.63, 3.8) is 0 Å². The number of alkyl halides is 9. The molecule has 3 aromatic rings. The van der Waals surface area contributed by atoms with Crippen LogP contribution in [0.5, 0.6) is 11.5 Å². The van der Waals surface area contributed by atoms with Crippen LogP contribution in [0.3, 0.4) is 0 Å². The Kier molecular flexibility index (Phi) is 6.69. The molecule has 0 aliphatic rings. The van der Waals surface area contributed by atoms with Crippen LogP contribution in [0.2, 0.25) is 0 Å². The molecular formula is C21H9F9N2O6. The van der Waals surface area contributed by atoms with Crippen LogP contribution in [0.25, 0.3) is 22.3 Å². The number of hydrogen-bond donors (Lipinski definition) is 2. The van der Waals surface area contributed by atoms with Gasteiger partial charge in [-0.2, -0.15) is 39.5 Å². The minimum absolute atomic E-state index is 0.0880. The van der Waals surface area contributed by atoms with Gasteiger partial charge in [0.15, 0.2) is 0 Å². The molecule has 0 atom stereocenters. The second-order valence-electron chi connectivity index (χ2n) is 7.59. The van der Waals surface area contributed by atoms with Crippen molar-refractivity contribution in [2.24, 2.45) is 0 Å². The molecule has 0 aromatic heterocycles. The normalized spacial score (nSPS) is 12.4. The van der Waals surface area contributed by atoms with Crippen molar-refractivity contribution in [3.8, 4) is 33.8 Å². The van der Waals surface area contributed by atoms with Gasteiger partial charge in [0, 0.05) is 35.4 Å². The molecule has 0 unspecified atom stereocenters. The maximum Gasteiger partial charge on any atom is 0.420 e. The van der Waals surface area contributed by atoms with Crippen LogP contribution in [0.1, 0.15) is 16.7 Å². The molecule has 0 saturated heterocycles. The van der Waals surface area contributed by atoms with Gasteiger partial charge in [0.25, 0.3) is 11.4 Å². The lowest BCUT2D eigenvalue weighted by atomic mass is 9.92. The van der Waals surface area contributed by atoms with Crippen molar-refractivity contribution in [1.82, 2.24) is 0 Å². The standard InChI is InChI=1S/C21H9F9N2O6/c22-19(23,24)10-2-8(13-4-11(31(35)36)6-15(17(13)33)20(25,26)27)1-9(3-10)14-5-12(32(37)38)7-16(18(14)34)21(28,29)30/h1-7,33-34H. The summed E-state index contributed by atoms with van der Waals surface area (Å²) < 4.78 is 121. The summed E-state index contributed by atoms with van der Waals surface area (Å²) in [7, 11) is 0. The number of nitrogens with zero attached hydrogens (tertiary/aromatic N) is 2. The molecule has 3 aromatic carbocycles. The molecule has 0 fully saturated rings. The van der Waals surface area contributed by atoms with Gasteiger partial charge in [-0.1, -0.05) is 0 Å². The van der Waals surface area contributed by atoms with Crippen LogP contribution < -0.4 is 0 Å². The van der Waals surface area contributed by atoms with Crippen LogP contribution in [-0.2, 0) is 18.5 Å². The smallest absolute Gasteiger partial charge is 0.420 e. The van der Waals surface area contributed by atoms with Gasteiger partial charge in [-0.3, -0.25) is 20.2 Å². The molecule has 38 heavy (non-hydrogen) atoms. The number of hydrogen-bond acceptors (Lipinski definition) is 6. The molecule has 0 bridgehead atoms. The summed E-state index contributed by atoms with van der Waals surface area (Å²) in [6.45, 7) is 0. The molecule has 0 heterocycles. The Labute approximate surface area is 203 Å². The van der Waals surface area contributed by atoms with E-state index in [9.17, 15) is 70.0 Å². The fraction of sp³-hybridized carbons (Fsp3) is 0.143. The Morgan fingerprint density at radius 1 is 0.553 bits per heavy atom. The van der Waals surface area contributed by atoms with E-state index in [1.54, 1.807) is 0 Å². The highest BCUT2D eigenvalue weighted by Crippen LogP contribution is 2.48. The fourth-order valence-electron chi connectivity index (χ4n) is 3.42. The number of nitro benzene ring substituents is 2. The van der Waals surface area contributed by atoms with E-state index in [0.29, 0.717) is 6.07 Å². The molecule has 0 amide bonds. The number of nitro groups is 2. The predicted octanol–water partition coefficient (Wildman–Crippen LogP) is 7.30. The Morgan fingerprint density at radius 3 is 1.16 bits per heavy atom. The fourth-order valence-corrected chi connectivity index (χ4v) is 3.42. The van der Waals surface area contributed by atoms with Crippen molar-refractivity contribution >= 4 is 11.4 Å². The average Bonchev–Trinajstić information content (AvgIpc) is 2.76. The minimum Gasteiger partial charge on any atom is -0.507 e. The van der Waals surface area contributed by atoms with Gasteiger partial charge in [0.2, 0.25) is 0 Å². The molecule has 0 aliphatic heterocycles. The first kappa shape index (κ1) is 28.0. The summed E-state index contributed by atoms with van der Waals surface area (Å²) in [5.41, 5.74) is -12.7. The van der Waals surface area contributed by atoms with Crippen LogP contribution in [0.4, 0.5) is 50.9 Å². The van der Waals surface area contributed by atoms with E-state index < -0.39 is 90.2 Å². The zero-order chi connectivity index (χ0) is 29.0. The van der Waals surface area contributed by atoms with E-state index in [1.165, 1.54) is 0 Å². The van der Waals surface area contributed by atoms with E-state index in [4.69, 9.17) is 0 Å². The SMILES string of the molecule is O=[N+]([O-])c1cc(-c2cc(-c3cc([N+](=O)[O-])cc(C(F)(F)F)c3O)cc(C(F)(F)F)c2)c(O)c(C(F)(F)F)c1. The van der Waals surface area contributed by atoms with E-state index in [2.05, 4.69) is 0 Å². The zero-order valence-corrected chi connectivity index (χ0v) is 17.9. The van der Waals surface area contributed by atoms with Gasteiger partial charge < -0.3 is 10.2 Å². The molecule has 0 aliphatic carbocycles. The first-order valence-corrected chi connectivity index (χ1v) is 9.62. The number of halogens is 9. The Morgan fingerprint density at radius 2 is 0.895 bits per heavy atom. The molecule has 0 saturated carbocycles. The molecule has 0 radical (unpaired) electrons. The summed E-state index contributed by atoms with van der Waals surface area (Å²) >= 11 is 0. The Bertz CT molecular complexity index is 1360. The lowest BCUT2D eigenvalue weighted by Crippen LogP contribution is -2.09. The molecule has 202 valence electrons. The van der Waals surface area contributed by atoms with Crippen molar-refractivity contribution < 1.29 is 59.6 Å². The van der Waals surface area contributed by atoms with Gasteiger partial charge in [-0.25, -0.2) is 0 Å². The summed E-state index contributed by atoms with van der Waals surface area (Å²) in [4.78, 5) is 19.6. The van der Waals surface area contributed by atoms with Crippen molar-refractivity contribution in [2.45, 2.75) is 18.5 Å². The quantitative estimate of drug-likeness (QED) is 0.197. The summed E-state index contributed by atoms with van der Waals surface area (Å²) in [5.74, 6) is -3.49. The topological polar surface area (TPSA) is 127 Å². The van der Waals surface area contributed by atoms with E-state index in [-0.39, 0.29) is 36.4 Å². The first-order chi connectivity index (χ1) is 17.2. The number of aromatic hydroxyl groups is 2. The zero-order valence-electron chi connectivity index (χ0n) is 17.9. The Balaban J connectivity index is 2.47. The van der Waals surface area contributed by atoms with Gasteiger partial charge in [0.1, 0.15) is 22.6 Å². The van der Waals surface area contributed by atoms with Gasteiger partial charge in [-0.05, 0) is 29.3 Å². The first-order valence-electron chi connectivity index (χ1n) is 9.62. The molecular weight excluding hydrogens is 547 g/mol. The molecule has 17 heteroatoms. The monoisotopic (exact) mass is 556 g/mol. The van der Waals surface area contributed by atoms with Gasteiger partial charge in [-0.15, -0.1) is 0 Å². The van der Waals surface area contributed by atoms with Crippen LogP contribution in [-0.4, -0.2) is 20.1 Å². The molecule has 3 rings (SSSR count). The summed E-state index contributed by atoms with van der Waals surface area (Å²) in [6.07, 6.45) is -16.2. The lowest BCUT2D eigenvalue weighted by molar-refractivity contribution is -0.385. The Hall–Kier alpha value is -4.57. The predicted molar refractivity (Wildman–Crippen MR) is 109 cm³/mol. The number of rotatable bonds is 4. The average molecular weight is 556 g/mol. The third-order valence-corrected chi connectivity index (χ3v) is 5.10. The van der Waals surface area contributed by atoms with Crippen molar-refractivity contribution in [3.05, 3.63) is 79.4 Å². The third-order valence-electron chi connectivity index (χ3n) is 5.10. The third kappa shape index (κ3) is 5.40. The highest BCUT2D eigenvalue weighted by molar-refractivity contribution is 5.83. The van der Waals surface area contributed by atoms with Crippen molar-refractivity contribution in [2.75, 3.05) is 0 Å². The van der Waals surface area contributed by atoms with E-state index >= 15 is 0 Å². The molecule has 0 spiro atoms. The maximum absolute atomic E-state index is 13.6. The van der Waals surface area contributed by atoms with E-state index in [0.717, 1.165) is 0 Å². The number of non-ortho nitro benzene ring substituents is 2. The maximum atomic E-state index is 13.6.